The van der Waals surface area contributed by atoms with Gasteiger partial charge in [-0.25, -0.2) is 0 Å². The largest absolute Gasteiger partial charge is 0.497 e. The summed E-state index contributed by atoms with van der Waals surface area (Å²) < 4.78 is 5.13. The smallest absolute Gasteiger partial charge is 0.210 e. The summed E-state index contributed by atoms with van der Waals surface area (Å²) in [4.78, 5) is 12.9. The molecule has 1 aliphatic heterocycles. The number of carbonyl (C=O) groups excluding carboxylic acids is 1. The Morgan fingerprint density at radius 3 is 2.69 bits per heavy atom. The first kappa shape index (κ1) is 11.0. The molecule has 2 rings (SSSR count). The highest BCUT2D eigenvalue weighted by atomic mass is 16.5. The summed E-state index contributed by atoms with van der Waals surface area (Å²) in [5, 5.41) is 0. The average molecular weight is 219 g/mol. The monoisotopic (exact) mass is 219 g/mol. The van der Waals surface area contributed by atoms with E-state index in [1.54, 1.807) is 7.11 Å². The van der Waals surface area contributed by atoms with E-state index in [1.165, 1.54) is 12.0 Å². The van der Waals surface area contributed by atoms with Gasteiger partial charge in [-0.2, -0.15) is 0 Å². The Hall–Kier alpha value is -1.51. The molecule has 16 heavy (non-hydrogen) atoms. The maximum atomic E-state index is 11.0. The minimum absolute atomic E-state index is 0.247. The van der Waals surface area contributed by atoms with Crippen LogP contribution in [0.5, 0.6) is 5.75 Å². The van der Waals surface area contributed by atoms with Crippen molar-refractivity contribution in [2.75, 3.05) is 13.7 Å². The molecular weight excluding hydrogens is 202 g/mol. The van der Waals surface area contributed by atoms with E-state index in [0.29, 0.717) is 0 Å². The summed E-state index contributed by atoms with van der Waals surface area (Å²) in [6.45, 7) is 0.875. The van der Waals surface area contributed by atoms with Crippen molar-refractivity contribution in [2.45, 2.75) is 25.3 Å². The molecule has 0 radical (unpaired) electrons. The zero-order valence-corrected chi connectivity index (χ0v) is 9.56. The number of benzene rings is 1. The van der Waals surface area contributed by atoms with Gasteiger partial charge in [-0.3, -0.25) is 4.79 Å². The molecule has 0 bridgehead atoms. The lowest BCUT2D eigenvalue weighted by Gasteiger charge is -2.33. The van der Waals surface area contributed by atoms with Crippen LogP contribution in [0.15, 0.2) is 24.3 Å². The second kappa shape index (κ2) is 5.01. The molecule has 1 aliphatic rings. The van der Waals surface area contributed by atoms with Crippen LogP contribution >= 0.6 is 0 Å². The molecule has 0 spiro atoms. The van der Waals surface area contributed by atoms with Crippen LogP contribution in [0, 0.1) is 0 Å². The number of carbonyl (C=O) groups is 1. The average Bonchev–Trinajstić information content (AvgIpc) is 2.39. The molecular formula is C13H17NO2. The van der Waals surface area contributed by atoms with E-state index in [1.807, 2.05) is 29.2 Å². The number of methoxy groups -OCH3 is 1. The van der Waals surface area contributed by atoms with Crippen LogP contribution in [-0.4, -0.2) is 25.0 Å². The third kappa shape index (κ3) is 2.18. The zero-order valence-electron chi connectivity index (χ0n) is 9.56. The Kier molecular flexibility index (Phi) is 3.44. The molecule has 1 aromatic rings. The Balaban J connectivity index is 2.17. The van der Waals surface area contributed by atoms with Gasteiger partial charge in [0, 0.05) is 6.54 Å². The van der Waals surface area contributed by atoms with Crippen LogP contribution < -0.4 is 4.74 Å². The SMILES string of the molecule is COc1ccc([C@H]2CCCCN2C=O)cc1. The number of amides is 1. The van der Waals surface area contributed by atoms with Gasteiger partial charge in [0.05, 0.1) is 13.2 Å². The molecule has 0 aromatic heterocycles. The van der Waals surface area contributed by atoms with Crippen molar-refractivity contribution in [3.63, 3.8) is 0 Å². The van der Waals surface area contributed by atoms with Crippen molar-refractivity contribution in [1.29, 1.82) is 0 Å². The van der Waals surface area contributed by atoms with Crippen LogP contribution in [0.1, 0.15) is 30.9 Å². The van der Waals surface area contributed by atoms with Gasteiger partial charge in [-0.1, -0.05) is 12.1 Å². The predicted octanol–water partition coefficient (Wildman–Crippen LogP) is 2.38. The van der Waals surface area contributed by atoms with Gasteiger partial charge in [0.2, 0.25) is 6.41 Å². The number of hydrogen-bond donors (Lipinski definition) is 0. The molecule has 1 aromatic carbocycles. The first-order chi connectivity index (χ1) is 7.85. The van der Waals surface area contributed by atoms with Gasteiger partial charge < -0.3 is 9.64 Å². The van der Waals surface area contributed by atoms with Crippen molar-refractivity contribution in [3.05, 3.63) is 29.8 Å². The van der Waals surface area contributed by atoms with Crippen molar-refractivity contribution in [1.82, 2.24) is 4.90 Å². The minimum Gasteiger partial charge on any atom is -0.497 e. The molecule has 86 valence electrons. The highest BCUT2D eigenvalue weighted by Gasteiger charge is 2.22. The van der Waals surface area contributed by atoms with Crippen LogP contribution in [0.2, 0.25) is 0 Å². The Bertz CT molecular complexity index is 347. The third-order valence-electron chi connectivity index (χ3n) is 3.18. The number of ether oxygens (including phenoxy) is 1. The Labute approximate surface area is 96.0 Å². The molecule has 1 atom stereocenters. The first-order valence-corrected chi connectivity index (χ1v) is 5.70. The summed E-state index contributed by atoms with van der Waals surface area (Å²) in [6.07, 6.45) is 4.34. The molecule has 0 unspecified atom stereocenters. The minimum atomic E-state index is 0.247. The number of rotatable bonds is 3. The number of hydrogen-bond acceptors (Lipinski definition) is 2. The summed E-state index contributed by atoms with van der Waals surface area (Å²) in [6, 6.07) is 8.24. The molecule has 0 N–H and O–H groups in total. The number of nitrogens with zero attached hydrogens (tertiary/aromatic N) is 1. The van der Waals surface area contributed by atoms with E-state index in [2.05, 4.69) is 0 Å². The van der Waals surface area contributed by atoms with Gasteiger partial charge in [0.25, 0.3) is 0 Å². The van der Waals surface area contributed by atoms with Crippen LogP contribution in [0.25, 0.3) is 0 Å². The lowest BCUT2D eigenvalue weighted by molar-refractivity contribution is -0.121. The summed E-state index contributed by atoms with van der Waals surface area (Å²) >= 11 is 0. The van der Waals surface area contributed by atoms with Crippen molar-refractivity contribution in [3.8, 4) is 5.75 Å². The second-order valence-corrected chi connectivity index (χ2v) is 4.13. The quantitative estimate of drug-likeness (QED) is 0.730. The third-order valence-corrected chi connectivity index (χ3v) is 3.18. The van der Waals surface area contributed by atoms with Crippen molar-refractivity contribution >= 4 is 6.41 Å². The maximum absolute atomic E-state index is 11.0. The van der Waals surface area contributed by atoms with Crippen LogP contribution in [-0.2, 0) is 4.79 Å². The maximum Gasteiger partial charge on any atom is 0.210 e. The lowest BCUT2D eigenvalue weighted by atomic mass is 9.96. The lowest BCUT2D eigenvalue weighted by Crippen LogP contribution is -2.32. The molecule has 1 fully saturated rings. The predicted molar refractivity (Wildman–Crippen MR) is 62.4 cm³/mol. The fraction of sp³-hybridized carbons (Fsp3) is 0.462. The Morgan fingerprint density at radius 1 is 1.31 bits per heavy atom. The molecule has 0 aliphatic carbocycles. The van der Waals surface area contributed by atoms with E-state index >= 15 is 0 Å². The second-order valence-electron chi connectivity index (χ2n) is 4.13. The van der Waals surface area contributed by atoms with E-state index in [9.17, 15) is 4.79 Å². The standard InChI is InChI=1S/C13H17NO2/c1-16-12-7-5-11(6-8-12)13-4-2-3-9-14(13)10-15/h5-8,10,13H,2-4,9H2,1H3/t13-/m1/s1. The molecule has 1 amide bonds. The van der Waals surface area contributed by atoms with Gasteiger partial charge >= 0.3 is 0 Å². The molecule has 3 heteroatoms. The summed E-state index contributed by atoms with van der Waals surface area (Å²) in [5.41, 5.74) is 1.20. The fourth-order valence-corrected chi connectivity index (χ4v) is 2.26. The van der Waals surface area contributed by atoms with E-state index < -0.39 is 0 Å². The molecule has 0 saturated carbocycles. The molecule has 1 heterocycles. The Morgan fingerprint density at radius 2 is 2.06 bits per heavy atom. The van der Waals surface area contributed by atoms with Crippen molar-refractivity contribution in [2.24, 2.45) is 0 Å². The topological polar surface area (TPSA) is 29.5 Å². The highest BCUT2D eigenvalue weighted by molar-refractivity contribution is 5.49. The van der Waals surface area contributed by atoms with Gasteiger partial charge in [0.1, 0.15) is 5.75 Å². The summed E-state index contributed by atoms with van der Waals surface area (Å²) in [5.74, 6) is 0.859. The van der Waals surface area contributed by atoms with E-state index in [0.717, 1.165) is 31.5 Å². The normalized spacial score (nSPS) is 20.6. The number of likely N-dealkylation sites (tertiary alicyclic amines) is 1. The van der Waals surface area contributed by atoms with E-state index in [4.69, 9.17) is 4.74 Å². The van der Waals surface area contributed by atoms with Gasteiger partial charge in [-0.05, 0) is 37.0 Å². The van der Waals surface area contributed by atoms with Crippen LogP contribution in [0.3, 0.4) is 0 Å². The summed E-state index contributed by atoms with van der Waals surface area (Å²) in [7, 11) is 1.66. The zero-order chi connectivity index (χ0) is 11.4. The fourth-order valence-electron chi connectivity index (χ4n) is 2.26. The van der Waals surface area contributed by atoms with Gasteiger partial charge in [0.15, 0.2) is 0 Å². The van der Waals surface area contributed by atoms with E-state index in [-0.39, 0.29) is 6.04 Å². The number of piperidine rings is 1. The van der Waals surface area contributed by atoms with Crippen LogP contribution in [0.4, 0.5) is 0 Å². The highest BCUT2D eigenvalue weighted by Crippen LogP contribution is 2.30. The van der Waals surface area contributed by atoms with Crippen molar-refractivity contribution < 1.29 is 9.53 Å². The first-order valence-electron chi connectivity index (χ1n) is 5.70. The molecule has 3 nitrogen and oxygen atoms in total. The van der Waals surface area contributed by atoms with Gasteiger partial charge in [-0.15, -0.1) is 0 Å². The molecule has 1 saturated heterocycles.